The molecule has 0 spiro atoms. The average molecular weight is 531 g/mol. The number of H-pyrrole nitrogens is 1. The smallest absolute Gasteiger partial charge is 0.857 e. The SMILES string of the molecule is COC(=O)CC(=O)CO.C[O-].Cl.N=C(N)c1ccccc1.O=c1cc(O)nc(-c2ccccc2)[nH]1.[Na+]. The number of esters is 1. The molecule has 6 N–H and O–H groups in total. The van der Waals surface area contributed by atoms with Crippen molar-refractivity contribution in [1.29, 1.82) is 5.41 Å². The van der Waals surface area contributed by atoms with E-state index in [9.17, 15) is 14.4 Å². The van der Waals surface area contributed by atoms with Crippen LogP contribution in [-0.4, -0.2) is 58.6 Å². The third-order valence-electron chi connectivity index (χ3n) is 3.61. The van der Waals surface area contributed by atoms with Crippen molar-refractivity contribution < 1.29 is 59.2 Å². The molecule has 36 heavy (non-hydrogen) atoms. The third-order valence-corrected chi connectivity index (χ3v) is 3.61. The van der Waals surface area contributed by atoms with Crippen molar-refractivity contribution in [1.82, 2.24) is 9.97 Å². The Morgan fingerprint density at radius 3 is 1.97 bits per heavy atom. The van der Waals surface area contributed by atoms with Gasteiger partial charge in [0.2, 0.25) is 5.88 Å². The molecule has 3 rings (SSSR count). The average Bonchev–Trinajstić information content (AvgIpc) is 2.86. The number of Topliss-reactive ketones (excluding diaryl/α,β-unsaturated/α-hetero) is 1. The molecule has 0 saturated carbocycles. The van der Waals surface area contributed by atoms with Crippen molar-refractivity contribution in [2.24, 2.45) is 5.73 Å². The Balaban J connectivity index is -0.000000442. The molecule has 0 unspecified atom stereocenters. The summed E-state index contributed by atoms with van der Waals surface area (Å²) in [5.74, 6) is -0.922. The summed E-state index contributed by atoms with van der Waals surface area (Å²) < 4.78 is 4.15. The van der Waals surface area contributed by atoms with Crippen molar-refractivity contribution in [3.63, 3.8) is 0 Å². The molecule has 3 aromatic rings. The fraction of sp³-hybridized carbons (Fsp3) is 0.174. The number of halogens is 1. The second-order valence-corrected chi connectivity index (χ2v) is 6.05. The first-order valence-electron chi connectivity index (χ1n) is 9.62. The van der Waals surface area contributed by atoms with Gasteiger partial charge in [-0.15, -0.1) is 12.4 Å². The summed E-state index contributed by atoms with van der Waals surface area (Å²) >= 11 is 0. The van der Waals surface area contributed by atoms with Gasteiger partial charge in [0.1, 0.15) is 24.7 Å². The molecule has 0 aliphatic carbocycles. The van der Waals surface area contributed by atoms with Crippen LogP contribution in [0.1, 0.15) is 12.0 Å². The number of amidine groups is 1. The van der Waals surface area contributed by atoms with Crippen LogP contribution in [-0.2, 0) is 14.3 Å². The standard InChI is InChI=1S/C10H8N2O2.C7H8N2.C5H8O4.CH3O.ClH.Na/c13-8-6-9(14)12-10(11-8)7-4-2-1-3-5-7;8-7(9)6-4-2-1-3-5-6;1-9-5(8)2-4(7)3-6;1-2;;/h1-6H,(H2,11,12,13,14);1-5H,(H3,8,9);6H,2-3H2,1H3;1H3;1H;/q;;;-1;;+1. The van der Waals surface area contributed by atoms with Gasteiger partial charge in [0.15, 0.2) is 5.78 Å². The molecule has 1 aromatic heterocycles. The molecule has 0 radical (unpaired) electrons. The van der Waals surface area contributed by atoms with Crippen LogP contribution in [0, 0.1) is 5.41 Å². The zero-order valence-electron chi connectivity index (χ0n) is 20.1. The van der Waals surface area contributed by atoms with Crippen molar-refractivity contribution in [3.8, 4) is 17.3 Å². The number of ether oxygens (including phenoxy) is 1. The van der Waals surface area contributed by atoms with Gasteiger partial charge in [0.05, 0.1) is 13.2 Å². The van der Waals surface area contributed by atoms with E-state index in [2.05, 4.69) is 14.7 Å². The Morgan fingerprint density at radius 1 is 1.08 bits per heavy atom. The molecule has 11 nitrogen and oxygen atoms in total. The number of nitrogen functional groups attached to an aromatic ring is 1. The number of nitrogens with two attached hydrogens (primary N) is 1. The van der Waals surface area contributed by atoms with Crippen molar-refractivity contribution in [3.05, 3.63) is 82.6 Å². The second-order valence-electron chi connectivity index (χ2n) is 6.05. The number of rotatable bonds is 5. The van der Waals surface area contributed by atoms with E-state index >= 15 is 0 Å². The van der Waals surface area contributed by atoms with Crippen LogP contribution in [0.25, 0.3) is 11.4 Å². The predicted molar refractivity (Wildman–Crippen MR) is 131 cm³/mol. The van der Waals surface area contributed by atoms with Gasteiger partial charge in [-0.3, -0.25) is 19.8 Å². The number of aromatic amines is 1. The molecule has 190 valence electrons. The van der Waals surface area contributed by atoms with E-state index in [4.69, 9.17) is 26.5 Å². The van der Waals surface area contributed by atoms with E-state index in [1.54, 1.807) is 12.1 Å². The summed E-state index contributed by atoms with van der Waals surface area (Å²) in [6.45, 7) is -0.602. The van der Waals surface area contributed by atoms with E-state index in [0.29, 0.717) is 5.82 Å². The summed E-state index contributed by atoms with van der Waals surface area (Å²) in [5.41, 5.74) is 6.37. The number of aliphatic hydroxyl groups is 1. The largest absolute Gasteiger partial charge is 1.00 e. The Morgan fingerprint density at radius 2 is 1.58 bits per heavy atom. The molecule has 0 atom stereocenters. The zero-order valence-corrected chi connectivity index (χ0v) is 23.0. The number of hydrogen-bond donors (Lipinski definition) is 5. The van der Waals surface area contributed by atoms with Gasteiger partial charge in [-0.25, -0.2) is 0 Å². The van der Waals surface area contributed by atoms with Gasteiger partial charge in [0.25, 0.3) is 5.56 Å². The summed E-state index contributed by atoms with van der Waals surface area (Å²) in [6, 6.07) is 19.4. The van der Waals surface area contributed by atoms with Gasteiger partial charge in [-0.1, -0.05) is 60.7 Å². The number of aromatic nitrogens is 2. The number of ketones is 1. The second kappa shape index (κ2) is 22.4. The van der Waals surface area contributed by atoms with Crippen molar-refractivity contribution in [2.75, 3.05) is 20.8 Å². The number of nitrogens with one attached hydrogen (secondary N) is 2. The summed E-state index contributed by atoms with van der Waals surface area (Å²) in [4.78, 5) is 37.8. The number of methoxy groups -OCH3 is 1. The van der Waals surface area contributed by atoms with Crippen molar-refractivity contribution in [2.45, 2.75) is 6.42 Å². The van der Waals surface area contributed by atoms with E-state index in [-0.39, 0.29) is 65.7 Å². The van der Waals surface area contributed by atoms with Gasteiger partial charge in [-0.2, -0.15) is 12.1 Å². The Bertz CT molecular complexity index is 1070. The summed E-state index contributed by atoms with van der Waals surface area (Å²) in [6.07, 6.45) is -0.340. The molecule has 0 amide bonds. The van der Waals surface area contributed by atoms with Crippen LogP contribution < -0.4 is 46.0 Å². The molecule has 1 heterocycles. The maximum absolute atomic E-state index is 11.0. The third kappa shape index (κ3) is 16.5. The first-order valence-corrected chi connectivity index (χ1v) is 9.62. The van der Waals surface area contributed by atoms with Gasteiger partial charge in [0, 0.05) is 11.1 Å². The van der Waals surface area contributed by atoms with Crippen LogP contribution in [0.5, 0.6) is 5.88 Å². The molecule has 2 aromatic carbocycles. The number of carbonyl (C=O) groups excluding carboxylic acids is 2. The number of aromatic hydroxyl groups is 1. The molecule has 0 aliphatic heterocycles. The maximum atomic E-state index is 11.0. The number of nitrogens with zero attached hydrogens (tertiary/aromatic N) is 1. The Labute approximate surface area is 236 Å². The van der Waals surface area contributed by atoms with Gasteiger partial charge < -0.3 is 30.8 Å². The van der Waals surface area contributed by atoms with Gasteiger partial charge >= 0.3 is 35.5 Å². The number of hydrogen-bond acceptors (Lipinski definition) is 9. The first kappa shape index (κ1) is 37.5. The Kier molecular flexibility index (Phi) is 23.3. The van der Waals surface area contributed by atoms with E-state index < -0.39 is 18.4 Å². The molecule has 0 bridgehead atoms. The summed E-state index contributed by atoms with van der Waals surface area (Å²) in [5, 5.41) is 32.5. The predicted octanol–water partition coefficient (Wildman–Crippen LogP) is -2.37. The minimum atomic E-state index is -0.617. The Hall–Kier alpha value is -3.06. The molecule has 0 saturated heterocycles. The fourth-order valence-electron chi connectivity index (χ4n) is 2.08. The van der Waals surface area contributed by atoms with Gasteiger partial charge in [-0.05, 0) is 0 Å². The monoisotopic (exact) mass is 530 g/mol. The minimum absolute atomic E-state index is 0. The van der Waals surface area contributed by atoms with Crippen LogP contribution in [0.15, 0.2) is 71.5 Å². The zero-order chi connectivity index (χ0) is 25.9. The van der Waals surface area contributed by atoms with E-state index in [1.807, 2.05) is 48.5 Å². The fourth-order valence-corrected chi connectivity index (χ4v) is 2.08. The van der Waals surface area contributed by atoms with Crippen LogP contribution in [0.2, 0.25) is 0 Å². The molecule has 13 heteroatoms. The molecular formula is C23H28ClN4NaO7. The van der Waals surface area contributed by atoms with Crippen LogP contribution >= 0.6 is 12.4 Å². The first-order chi connectivity index (χ1) is 16.3. The molecule has 0 fully saturated rings. The maximum Gasteiger partial charge on any atom is 1.00 e. The normalized spacial score (nSPS) is 8.44. The topological polar surface area (TPSA) is 203 Å². The molecule has 0 aliphatic rings. The number of aliphatic hydroxyl groups excluding tert-OH is 1. The quantitative estimate of drug-likeness (QED) is 0.0784. The van der Waals surface area contributed by atoms with Crippen molar-refractivity contribution >= 4 is 30.0 Å². The summed E-state index contributed by atoms with van der Waals surface area (Å²) in [7, 11) is 1.94. The van der Waals surface area contributed by atoms with E-state index in [1.165, 1.54) is 7.11 Å². The minimum Gasteiger partial charge on any atom is -0.857 e. The van der Waals surface area contributed by atoms with Crippen LogP contribution in [0.3, 0.4) is 0 Å². The number of benzene rings is 2. The van der Waals surface area contributed by atoms with Crippen LogP contribution in [0.4, 0.5) is 0 Å². The van der Waals surface area contributed by atoms with E-state index in [0.717, 1.165) is 24.3 Å². The molecular weight excluding hydrogens is 503 g/mol. The number of carbonyl (C=O) groups is 2.